The lowest BCUT2D eigenvalue weighted by Gasteiger charge is -2.20. The van der Waals surface area contributed by atoms with E-state index >= 15 is 0 Å². The summed E-state index contributed by atoms with van der Waals surface area (Å²) in [4.78, 5) is 0.289. The lowest BCUT2D eigenvalue weighted by molar-refractivity contribution is -0.113. The van der Waals surface area contributed by atoms with E-state index in [2.05, 4.69) is 0 Å². The SMILES string of the molecule is CCC1OC(OC)CN1S(=O)(=O)c1ccc(C)cc1. The van der Waals surface area contributed by atoms with Crippen LogP contribution < -0.4 is 0 Å². The van der Waals surface area contributed by atoms with E-state index in [1.165, 1.54) is 11.4 Å². The highest BCUT2D eigenvalue weighted by Crippen LogP contribution is 2.27. The highest BCUT2D eigenvalue weighted by Gasteiger charge is 2.40. The summed E-state index contributed by atoms with van der Waals surface area (Å²) in [6, 6.07) is 6.83. The maximum atomic E-state index is 12.6. The number of benzene rings is 1. The van der Waals surface area contributed by atoms with Gasteiger partial charge in [-0.1, -0.05) is 24.6 Å². The molecule has 1 heterocycles. The molecule has 0 N–H and O–H groups in total. The molecule has 19 heavy (non-hydrogen) atoms. The number of hydrogen-bond acceptors (Lipinski definition) is 4. The Balaban J connectivity index is 2.31. The van der Waals surface area contributed by atoms with Crippen LogP contribution in [0.15, 0.2) is 29.2 Å². The molecule has 106 valence electrons. The standard InChI is InChI=1S/C13H19NO4S/c1-4-12-14(9-13(17-3)18-12)19(15,16)11-7-5-10(2)6-8-11/h5-8,12-13H,4,9H2,1-3H3. The summed E-state index contributed by atoms with van der Waals surface area (Å²) in [5.41, 5.74) is 1.03. The molecule has 1 aliphatic rings. The van der Waals surface area contributed by atoms with Crippen molar-refractivity contribution in [2.45, 2.75) is 37.7 Å². The van der Waals surface area contributed by atoms with Gasteiger partial charge in [-0.05, 0) is 25.5 Å². The third-order valence-electron chi connectivity index (χ3n) is 3.20. The zero-order chi connectivity index (χ0) is 14.0. The van der Waals surface area contributed by atoms with E-state index in [4.69, 9.17) is 9.47 Å². The Labute approximate surface area is 114 Å². The van der Waals surface area contributed by atoms with Gasteiger partial charge in [0.15, 0.2) is 6.29 Å². The van der Waals surface area contributed by atoms with Crippen molar-refractivity contribution in [3.8, 4) is 0 Å². The number of sulfonamides is 1. The second-order valence-electron chi connectivity index (χ2n) is 4.55. The normalized spacial score (nSPS) is 24.8. The fraction of sp³-hybridized carbons (Fsp3) is 0.538. The van der Waals surface area contributed by atoms with Crippen LogP contribution in [0.25, 0.3) is 0 Å². The van der Waals surface area contributed by atoms with Crippen molar-refractivity contribution < 1.29 is 17.9 Å². The van der Waals surface area contributed by atoms with E-state index in [1.807, 2.05) is 13.8 Å². The molecule has 0 radical (unpaired) electrons. The van der Waals surface area contributed by atoms with Crippen LogP contribution in [-0.4, -0.2) is 38.9 Å². The Morgan fingerprint density at radius 1 is 1.37 bits per heavy atom. The minimum atomic E-state index is -3.53. The summed E-state index contributed by atoms with van der Waals surface area (Å²) in [5.74, 6) is 0. The predicted molar refractivity (Wildman–Crippen MR) is 71.0 cm³/mol. The molecule has 6 heteroatoms. The van der Waals surface area contributed by atoms with E-state index in [0.717, 1.165) is 5.56 Å². The van der Waals surface area contributed by atoms with E-state index in [0.29, 0.717) is 6.42 Å². The lowest BCUT2D eigenvalue weighted by atomic mass is 10.2. The average Bonchev–Trinajstić information content (AvgIpc) is 2.83. The van der Waals surface area contributed by atoms with Crippen molar-refractivity contribution in [3.63, 3.8) is 0 Å². The predicted octanol–water partition coefficient (Wildman–Crippen LogP) is 1.72. The number of aryl methyl sites for hydroxylation is 1. The van der Waals surface area contributed by atoms with Crippen LogP contribution in [0.4, 0.5) is 0 Å². The first-order valence-electron chi connectivity index (χ1n) is 6.25. The van der Waals surface area contributed by atoms with Crippen molar-refractivity contribution in [1.29, 1.82) is 0 Å². The van der Waals surface area contributed by atoms with Gasteiger partial charge < -0.3 is 9.47 Å². The minimum absolute atomic E-state index is 0.227. The Kier molecular flexibility index (Phi) is 4.25. The van der Waals surface area contributed by atoms with E-state index < -0.39 is 22.5 Å². The van der Waals surface area contributed by atoms with Crippen LogP contribution in [0.2, 0.25) is 0 Å². The quantitative estimate of drug-likeness (QED) is 0.845. The minimum Gasteiger partial charge on any atom is -0.354 e. The number of rotatable bonds is 4. The average molecular weight is 285 g/mol. The Morgan fingerprint density at radius 3 is 2.53 bits per heavy atom. The fourth-order valence-electron chi connectivity index (χ4n) is 2.08. The number of nitrogens with zero attached hydrogens (tertiary/aromatic N) is 1. The van der Waals surface area contributed by atoms with Crippen LogP contribution in [0.5, 0.6) is 0 Å². The van der Waals surface area contributed by atoms with Crippen LogP contribution in [-0.2, 0) is 19.5 Å². The van der Waals surface area contributed by atoms with Crippen LogP contribution in [0.3, 0.4) is 0 Å². The van der Waals surface area contributed by atoms with Gasteiger partial charge in [0.25, 0.3) is 0 Å². The molecule has 0 saturated carbocycles. The van der Waals surface area contributed by atoms with Crippen molar-refractivity contribution in [1.82, 2.24) is 4.31 Å². The van der Waals surface area contributed by atoms with Crippen LogP contribution in [0, 0.1) is 6.92 Å². The molecule has 1 aliphatic heterocycles. The van der Waals surface area contributed by atoms with Crippen molar-refractivity contribution >= 4 is 10.0 Å². The van der Waals surface area contributed by atoms with Gasteiger partial charge >= 0.3 is 0 Å². The number of ether oxygens (including phenoxy) is 2. The maximum absolute atomic E-state index is 12.6. The third-order valence-corrected chi connectivity index (χ3v) is 5.07. The molecule has 2 rings (SSSR count). The number of hydrogen-bond donors (Lipinski definition) is 0. The third kappa shape index (κ3) is 2.81. The van der Waals surface area contributed by atoms with Crippen molar-refractivity contribution in [2.75, 3.05) is 13.7 Å². The largest absolute Gasteiger partial charge is 0.354 e. The summed E-state index contributed by atoms with van der Waals surface area (Å²) in [6.07, 6.45) is -0.369. The highest BCUT2D eigenvalue weighted by molar-refractivity contribution is 7.89. The Hall–Kier alpha value is -0.950. The molecule has 1 aromatic carbocycles. The van der Waals surface area contributed by atoms with Gasteiger partial charge in [0.2, 0.25) is 10.0 Å². The first-order valence-corrected chi connectivity index (χ1v) is 7.69. The Bertz CT molecular complexity index is 526. The molecule has 0 amide bonds. The molecule has 1 aromatic rings. The molecule has 0 spiro atoms. The van der Waals surface area contributed by atoms with Crippen LogP contribution in [0.1, 0.15) is 18.9 Å². The molecular weight excluding hydrogens is 266 g/mol. The van der Waals surface area contributed by atoms with Gasteiger partial charge in [-0.2, -0.15) is 4.31 Å². The molecule has 5 nitrogen and oxygen atoms in total. The van der Waals surface area contributed by atoms with Gasteiger partial charge in [0.1, 0.15) is 6.23 Å². The van der Waals surface area contributed by atoms with Gasteiger partial charge in [-0.25, -0.2) is 8.42 Å². The van der Waals surface area contributed by atoms with Crippen molar-refractivity contribution in [2.24, 2.45) is 0 Å². The first kappa shape index (κ1) is 14.5. The first-order chi connectivity index (χ1) is 8.98. The van der Waals surface area contributed by atoms with Gasteiger partial charge in [0.05, 0.1) is 11.4 Å². The van der Waals surface area contributed by atoms with Gasteiger partial charge in [0, 0.05) is 7.11 Å². The summed E-state index contributed by atoms with van der Waals surface area (Å²) < 4.78 is 37.1. The summed E-state index contributed by atoms with van der Waals surface area (Å²) in [7, 11) is -2.02. The lowest BCUT2D eigenvalue weighted by Crippen LogP contribution is -2.36. The molecule has 2 unspecified atom stereocenters. The molecule has 1 saturated heterocycles. The molecule has 0 aliphatic carbocycles. The smallest absolute Gasteiger partial charge is 0.245 e. The van der Waals surface area contributed by atoms with Gasteiger partial charge in [-0.15, -0.1) is 0 Å². The second kappa shape index (κ2) is 5.58. The summed E-state index contributed by atoms with van der Waals surface area (Å²) in [5, 5.41) is 0. The van der Waals surface area contributed by atoms with Crippen LogP contribution >= 0.6 is 0 Å². The molecular formula is C13H19NO4S. The zero-order valence-electron chi connectivity index (χ0n) is 11.4. The molecule has 2 atom stereocenters. The van der Waals surface area contributed by atoms with E-state index in [1.54, 1.807) is 24.3 Å². The molecule has 1 fully saturated rings. The Morgan fingerprint density at radius 2 is 2.00 bits per heavy atom. The van der Waals surface area contributed by atoms with E-state index in [9.17, 15) is 8.42 Å². The van der Waals surface area contributed by atoms with Crippen molar-refractivity contribution in [3.05, 3.63) is 29.8 Å². The topological polar surface area (TPSA) is 55.8 Å². The highest BCUT2D eigenvalue weighted by atomic mass is 32.2. The molecule has 0 aromatic heterocycles. The fourth-order valence-corrected chi connectivity index (χ4v) is 3.66. The zero-order valence-corrected chi connectivity index (χ0v) is 12.2. The van der Waals surface area contributed by atoms with Gasteiger partial charge in [-0.3, -0.25) is 0 Å². The maximum Gasteiger partial charge on any atom is 0.245 e. The second-order valence-corrected chi connectivity index (χ2v) is 6.44. The monoisotopic (exact) mass is 285 g/mol. The molecule has 0 bridgehead atoms. The summed E-state index contributed by atoms with van der Waals surface area (Å²) in [6.45, 7) is 4.04. The number of methoxy groups -OCH3 is 1. The summed E-state index contributed by atoms with van der Waals surface area (Å²) >= 11 is 0. The van der Waals surface area contributed by atoms with E-state index in [-0.39, 0.29) is 11.4 Å².